The van der Waals surface area contributed by atoms with Crippen molar-refractivity contribution >= 4 is 34.6 Å². The molecule has 0 unspecified atom stereocenters. The SMILES string of the molecule is CC(C)[C@H](N)C=O.COCC(=O)c1ccc(-c2ccc3cc(C(=O)COC(=O)[C@@H](N)C(C)C)ccc3c2)cc1. The van der Waals surface area contributed by atoms with Gasteiger partial charge < -0.3 is 25.7 Å². The number of ketones is 2. The van der Waals surface area contributed by atoms with E-state index in [1.165, 1.54) is 7.11 Å². The zero-order valence-electron chi connectivity index (χ0n) is 23.2. The van der Waals surface area contributed by atoms with Crippen LogP contribution in [0.1, 0.15) is 48.4 Å². The van der Waals surface area contributed by atoms with Gasteiger partial charge in [-0.15, -0.1) is 0 Å². The van der Waals surface area contributed by atoms with E-state index in [0.717, 1.165) is 28.2 Å². The lowest BCUT2D eigenvalue weighted by molar-refractivity contribution is -0.145. The molecule has 0 aliphatic heterocycles. The van der Waals surface area contributed by atoms with Gasteiger partial charge in [-0.1, -0.05) is 76.2 Å². The van der Waals surface area contributed by atoms with Crippen molar-refractivity contribution in [1.82, 2.24) is 0 Å². The Kier molecular flexibility index (Phi) is 12.1. The smallest absolute Gasteiger partial charge is 0.323 e. The first-order valence-corrected chi connectivity index (χ1v) is 12.8. The maximum Gasteiger partial charge on any atom is 0.323 e. The van der Waals surface area contributed by atoms with E-state index in [9.17, 15) is 19.2 Å². The van der Waals surface area contributed by atoms with Crippen molar-refractivity contribution in [3.05, 3.63) is 71.8 Å². The molecule has 39 heavy (non-hydrogen) atoms. The van der Waals surface area contributed by atoms with Crippen LogP contribution in [0.2, 0.25) is 0 Å². The number of aldehydes is 1. The predicted octanol–water partition coefficient (Wildman–Crippen LogP) is 4.21. The Morgan fingerprint density at radius 1 is 0.744 bits per heavy atom. The molecule has 0 radical (unpaired) electrons. The lowest BCUT2D eigenvalue weighted by Crippen LogP contribution is -2.37. The molecule has 0 amide bonds. The molecule has 0 saturated heterocycles. The third-order valence-corrected chi connectivity index (χ3v) is 6.24. The van der Waals surface area contributed by atoms with Crippen molar-refractivity contribution in [2.24, 2.45) is 23.3 Å². The number of Topliss-reactive ketones (excluding diaryl/α,β-unsaturated/α-hetero) is 2. The van der Waals surface area contributed by atoms with Gasteiger partial charge in [-0.05, 0) is 45.9 Å². The van der Waals surface area contributed by atoms with E-state index >= 15 is 0 Å². The molecule has 8 heteroatoms. The van der Waals surface area contributed by atoms with Crippen LogP contribution in [0.15, 0.2) is 60.7 Å². The average molecular weight is 535 g/mol. The molecule has 0 bridgehead atoms. The molecule has 3 aromatic rings. The van der Waals surface area contributed by atoms with Crippen molar-refractivity contribution in [3.8, 4) is 11.1 Å². The number of carbonyl (C=O) groups excluding carboxylic acids is 4. The molecule has 4 N–H and O–H groups in total. The van der Waals surface area contributed by atoms with Gasteiger partial charge in [-0.25, -0.2) is 0 Å². The molecule has 0 aliphatic rings. The largest absolute Gasteiger partial charge is 0.456 e. The number of methoxy groups -OCH3 is 1. The number of carbonyl (C=O) groups is 4. The molecular weight excluding hydrogens is 496 g/mol. The second-order valence-electron chi connectivity index (χ2n) is 9.97. The Morgan fingerprint density at radius 2 is 1.28 bits per heavy atom. The highest BCUT2D eigenvalue weighted by molar-refractivity contribution is 6.02. The summed E-state index contributed by atoms with van der Waals surface area (Å²) in [6, 6.07) is 17.6. The van der Waals surface area contributed by atoms with Gasteiger partial charge >= 0.3 is 5.97 Å². The Balaban J connectivity index is 0.000000673. The Bertz CT molecular complexity index is 1280. The fraction of sp³-hybridized carbons (Fsp3) is 0.355. The third kappa shape index (κ3) is 9.21. The first-order chi connectivity index (χ1) is 18.5. The minimum absolute atomic E-state index is 0.0557. The maximum absolute atomic E-state index is 12.5. The van der Waals surface area contributed by atoms with Crippen LogP contribution in [0.4, 0.5) is 0 Å². The van der Waals surface area contributed by atoms with Crippen LogP contribution in [0.5, 0.6) is 0 Å². The van der Waals surface area contributed by atoms with Crippen LogP contribution in [-0.2, 0) is 19.1 Å². The molecular formula is C31H38N2O6. The fourth-order valence-corrected chi connectivity index (χ4v) is 3.41. The average Bonchev–Trinajstić information content (AvgIpc) is 2.94. The van der Waals surface area contributed by atoms with Gasteiger partial charge in [0, 0.05) is 18.2 Å². The summed E-state index contributed by atoms with van der Waals surface area (Å²) >= 11 is 0. The van der Waals surface area contributed by atoms with E-state index in [1.807, 2.05) is 64.1 Å². The Labute approximate surface area is 229 Å². The van der Waals surface area contributed by atoms with Gasteiger partial charge in [0.15, 0.2) is 18.2 Å². The van der Waals surface area contributed by atoms with Gasteiger partial charge in [0.1, 0.15) is 18.9 Å². The summed E-state index contributed by atoms with van der Waals surface area (Å²) in [5.74, 6) is -0.705. The molecule has 3 aromatic carbocycles. The highest BCUT2D eigenvalue weighted by Crippen LogP contribution is 2.26. The first kappa shape index (κ1) is 31.5. The topological polar surface area (TPSA) is 139 Å². The van der Waals surface area contributed by atoms with E-state index in [1.54, 1.807) is 24.3 Å². The zero-order valence-corrected chi connectivity index (χ0v) is 23.2. The summed E-state index contributed by atoms with van der Waals surface area (Å²) in [6.45, 7) is 7.19. The number of hydrogen-bond acceptors (Lipinski definition) is 8. The van der Waals surface area contributed by atoms with Crippen molar-refractivity contribution in [1.29, 1.82) is 0 Å². The van der Waals surface area contributed by atoms with Gasteiger partial charge in [0.05, 0.1) is 6.04 Å². The lowest BCUT2D eigenvalue weighted by atomic mass is 9.98. The lowest BCUT2D eigenvalue weighted by Gasteiger charge is -2.14. The Morgan fingerprint density at radius 3 is 1.82 bits per heavy atom. The van der Waals surface area contributed by atoms with Crippen molar-refractivity contribution < 1.29 is 28.7 Å². The van der Waals surface area contributed by atoms with Crippen molar-refractivity contribution in [3.63, 3.8) is 0 Å². The van der Waals surface area contributed by atoms with Crippen molar-refractivity contribution in [2.75, 3.05) is 20.3 Å². The number of fused-ring (bicyclic) bond motifs is 1. The summed E-state index contributed by atoms with van der Waals surface area (Å²) in [5, 5.41) is 1.87. The van der Waals surface area contributed by atoms with Gasteiger partial charge in [0.2, 0.25) is 0 Å². The van der Waals surface area contributed by atoms with Crippen LogP contribution in [0.3, 0.4) is 0 Å². The standard InChI is InChI=1S/C26H27NO5.C5H11NO/c1-16(2)25(27)26(30)32-15-24(29)22-11-10-20-12-19(8-9-21(20)13-22)17-4-6-18(7-5-17)23(28)14-31-3;1-4(2)5(6)3-7/h4-13,16,25H,14-15,27H2,1-3H3;3-5H,6H2,1-2H3/t25-;5-/m01/s1. The quantitative estimate of drug-likeness (QED) is 0.212. The van der Waals surface area contributed by atoms with E-state index in [-0.39, 0.29) is 42.7 Å². The second kappa shape index (κ2) is 15.0. The number of esters is 1. The van der Waals surface area contributed by atoms with Crippen molar-refractivity contribution in [2.45, 2.75) is 39.8 Å². The van der Waals surface area contributed by atoms with E-state index in [0.29, 0.717) is 11.1 Å². The van der Waals surface area contributed by atoms with Gasteiger partial charge in [-0.3, -0.25) is 14.4 Å². The molecule has 208 valence electrons. The van der Waals surface area contributed by atoms with Crippen LogP contribution < -0.4 is 11.5 Å². The molecule has 8 nitrogen and oxygen atoms in total. The minimum Gasteiger partial charge on any atom is -0.456 e. The van der Waals surface area contributed by atoms with Gasteiger partial charge in [0.25, 0.3) is 0 Å². The van der Waals surface area contributed by atoms with Crippen LogP contribution in [-0.4, -0.2) is 56.2 Å². The number of rotatable bonds is 11. The van der Waals surface area contributed by atoms with E-state index in [2.05, 4.69) is 0 Å². The second-order valence-corrected chi connectivity index (χ2v) is 9.97. The Hall–Kier alpha value is -3.72. The van der Waals surface area contributed by atoms with Gasteiger partial charge in [-0.2, -0.15) is 0 Å². The number of benzene rings is 3. The molecule has 2 atom stereocenters. The minimum atomic E-state index is -0.745. The summed E-state index contributed by atoms with van der Waals surface area (Å²) in [6.07, 6.45) is 0.769. The summed E-state index contributed by atoms with van der Waals surface area (Å²) < 4.78 is 9.96. The highest BCUT2D eigenvalue weighted by atomic mass is 16.5. The highest BCUT2D eigenvalue weighted by Gasteiger charge is 2.20. The summed E-state index contributed by atoms with van der Waals surface area (Å²) in [7, 11) is 1.50. The molecule has 0 heterocycles. The molecule has 0 fully saturated rings. The molecule has 0 saturated carbocycles. The third-order valence-electron chi connectivity index (χ3n) is 6.24. The number of ether oxygens (including phenoxy) is 2. The van der Waals surface area contributed by atoms with E-state index in [4.69, 9.17) is 20.9 Å². The van der Waals surface area contributed by atoms with Crippen LogP contribution in [0.25, 0.3) is 21.9 Å². The summed E-state index contributed by atoms with van der Waals surface area (Å²) in [4.78, 5) is 46.1. The maximum atomic E-state index is 12.5. The molecule has 0 spiro atoms. The van der Waals surface area contributed by atoms with E-state index < -0.39 is 12.0 Å². The fourth-order valence-electron chi connectivity index (χ4n) is 3.41. The number of nitrogens with two attached hydrogens (primary N) is 2. The van der Waals surface area contributed by atoms with Crippen LogP contribution in [0, 0.1) is 11.8 Å². The normalized spacial score (nSPS) is 12.4. The summed E-state index contributed by atoms with van der Waals surface area (Å²) in [5.41, 5.74) is 14.1. The molecule has 3 rings (SSSR count). The number of hydrogen-bond donors (Lipinski definition) is 2. The molecule has 0 aromatic heterocycles. The molecule has 0 aliphatic carbocycles. The predicted molar refractivity (Wildman–Crippen MR) is 153 cm³/mol. The van der Waals surface area contributed by atoms with Crippen LogP contribution >= 0.6 is 0 Å². The zero-order chi connectivity index (χ0) is 29.1. The first-order valence-electron chi connectivity index (χ1n) is 12.8. The monoisotopic (exact) mass is 534 g/mol.